The SMILES string of the molecule is C=CCCOCCNC1CCCCC1C1CCCN1. The van der Waals surface area contributed by atoms with Crippen LogP contribution in [0, 0.1) is 5.92 Å². The Kier molecular flexibility index (Phi) is 6.90. The van der Waals surface area contributed by atoms with Gasteiger partial charge in [0, 0.05) is 18.6 Å². The van der Waals surface area contributed by atoms with Gasteiger partial charge in [-0.2, -0.15) is 0 Å². The van der Waals surface area contributed by atoms with Crippen LogP contribution in [0.3, 0.4) is 0 Å². The van der Waals surface area contributed by atoms with Crippen molar-refractivity contribution in [2.24, 2.45) is 5.92 Å². The molecule has 1 heterocycles. The first-order valence-electron chi connectivity index (χ1n) is 8.07. The maximum atomic E-state index is 5.58. The lowest BCUT2D eigenvalue weighted by molar-refractivity contribution is 0.129. The van der Waals surface area contributed by atoms with Crippen molar-refractivity contribution in [2.45, 2.75) is 57.0 Å². The fourth-order valence-electron chi connectivity index (χ4n) is 3.56. The minimum absolute atomic E-state index is 0.701. The van der Waals surface area contributed by atoms with Crippen LogP contribution in [-0.2, 0) is 4.74 Å². The third-order valence-corrected chi connectivity index (χ3v) is 4.55. The highest BCUT2D eigenvalue weighted by Crippen LogP contribution is 2.30. The fraction of sp³-hybridized carbons (Fsp3) is 0.875. The molecule has 0 radical (unpaired) electrons. The molecule has 3 nitrogen and oxygen atoms in total. The molecule has 110 valence electrons. The smallest absolute Gasteiger partial charge is 0.0591 e. The van der Waals surface area contributed by atoms with Crippen LogP contribution in [0.5, 0.6) is 0 Å². The summed E-state index contributed by atoms with van der Waals surface area (Å²) in [6, 6.07) is 1.46. The van der Waals surface area contributed by atoms with Crippen LogP contribution < -0.4 is 10.6 Å². The van der Waals surface area contributed by atoms with Gasteiger partial charge in [0.25, 0.3) is 0 Å². The van der Waals surface area contributed by atoms with Crippen LogP contribution in [0.1, 0.15) is 44.9 Å². The van der Waals surface area contributed by atoms with Crippen molar-refractivity contribution in [1.29, 1.82) is 0 Å². The number of hydrogen-bond acceptors (Lipinski definition) is 3. The van der Waals surface area contributed by atoms with Crippen molar-refractivity contribution in [3.63, 3.8) is 0 Å². The van der Waals surface area contributed by atoms with E-state index in [2.05, 4.69) is 17.2 Å². The van der Waals surface area contributed by atoms with Gasteiger partial charge in [-0.1, -0.05) is 18.9 Å². The first-order valence-corrected chi connectivity index (χ1v) is 8.07. The average Bonchev–Trinajstić information content (AvgIpc) is 2.97. The van der Waals surface area contributed by atoms with Crippen LogP contribution in [-0.4, -0.2) is 38.4 Å². The Balaban J connectivity index is 1.65. The lowest BCUT2D eigenvalue weighted by Crippen LogP contribution is -2.47. The summed E-state index contributed by atoms with van der Waals surface area (Å²) >= 11 is 0. The summed E-state index contributed by atoms with van der Waals surface area (Å²) < 4.78 is 5.58. The lowest BCUT2D eigenvalue weighted by Gasteiger charge is -2.36. The van der Waals surface area contributed by atoms with E-state index in [1.807, 2.05) is 6.08 Å². The molecular formula is C16H30N2O. The van der Waals surface area contributed by atoms with E-state index in [-0.39, 0.29) is 0 Å². The number of rotatable bonds is 8. The third kappa shape index (κ3) is 4.90. The summed E-state index contributed by atoms with van der Waals surface area (Å²) in [6.45, 7) is 7.55. The third-order valence-electron chi connectivity index (χ3n) is 4.55. The second-order valence-electron chi connectivity index (χ2n) is 5.90. The van der Waals surface area contributed by atoms with Crippen LogP contribution in [0.25, 0.3) is 0 Å². The van der Waals surface area contributed by atoms with Gasteiger partial charge in [-0.25, -0.2) is 0 Å². The molecule has 1 saturated carbocycles. The van der Waals surface area contributed by atoms with E-state index in [0.717, 1.165) is 38.1 Å². The predicted molar refractivity (Wildman–Crippen MR) is 80.4 cm³/mol. The molecule has 0 aromatic rings. The summed E-state index contributed by atoms with van der Waals surface area (Å²) in [6.07, 6.45) is 11.1. The molecule has 1 aliphatic heterocycles. The monoisotopic (exact) mass is 266 g/mol. The normalized spacial score (nSPS) is 31.5. The number of nitrogens with one attached hydrogen (secondary N) is 2. The fourth-order valence-corrected chi connectivity index (χ4v) is 3.56. The Labute approximate surface area is 118 Å². The standard InChI is InChI=1S/C16H30N2O/c1-2-3-12-19-13-11-18-15-8-5-4-7-14(15)16-9-6-10-17-16/h2,14-18H,1,3-13H2. The van der Waals surface area contributed by atoms with Crippen molar-refractivity contribution < 1.29 is 4.74 Å². The van der Waals surface area contributed by atoms with Crippen LogP contribution >= 0.6 is 0 Å². The predicted octanol–water partition coefficient (Wildman–Crippen LogP) is 2.48. The van der Waals surface area contributed by atoms with Gasteiger partial charge in [0.2, 0.25) is 0 Å². The van der Waals surface area contributed by atoms with Crippen LogP contribution in [0.4, 0.5) is 0 Å². The molecule has 2 N–H and O–H groups in total. The minimum Gasteiger partial charge on any atom is -0.380 e. The average molecular weight is 266 g/mol. The van der Waals surface area contributed by atoms with Crippen molar-refractivity contribution >= 4 is 0 Å². The summed E-state index contributed by atoms with van der Waals surface area (Å²) in [5, 5.41) is 7.43. The van der Waals surface area contributed by atoms with Gasteiger partial charge in [0.1, 0.15) is 0 Å². The van der Waals surface area contributed by atoms with Gasteiger partial charge in [0.05, 0.1) is 13.2 Å². The zero-order valence-electron chi connectivity index (χ0n) is 12.2. The molecule has 3 heteroatoms. The van der Waals surface area contributed by atoms with Gasteiger partial charge in [-0.15, -0.1) is 6.58 Å². The Morgan fingerprint density at radius 1 is 1.16 bits per heavy atom. The van der Waals surface area contributed by atoms with E-state index in [1.54, 1.807) is 0 Å². The molecule has 3 unspecified atom stereocenters. The Hall–Kier alpha value is -0.380. The Bertz CT molecular complexity index is 251. The minimum atomic E-state index is 0.701. The van der Waals surface area contributed by atoms with E-state index in [1.165, 1.54) is 45.1 Å². The van der Waals surface area contributed by atoms with E-state index < -0.39 is 0 Å². The summed E-state index contributed by atoms with van der Waals surface area (Å²) in [5.74, 6) is 0.837. The van der Waals surface area contributed by atoms with Gasteiger partial charge in [-0.3, -0.25) is 0 Å². The largest absolute Gasteiger partial charge is 0.380 e. The molecule has 2 rings (SSSR count). The molecule has 1 saturated heterocycles. The molecule has 3 atom stereocenters. The van der Waals surface area contributed by atoms with E-state index >= 15 is 0 Å². The summed E-state index contributed by atoms with van der Waals surface area (Å²) in [4.78, 5) is 0. The van der Waals surface area contributed by atoms with Crippen LogP contribution in [0.2, 0.25) is 0 Å². The van der Waals surface area contributed by atoms with Crippen molar-refractivity contribution in [1.82, 2.24) is 10.6 Å². The van der Waals surface area contributed by atoms with Crippen molar-refractivity contribution in [3.05, 3.63) is 12.7 Å². The molecule has 2 aliphatic rings. The molecule has 0 aromatic carbocycles. The second kappa shape index (κ2) is 8.72. The summed E-state index contributed by atoms with van der Waals surface area (Å²) in [5.41, 5.74) is 0. The van der Waals surface area contributed by atoms with Gasteiger partial charge >= 0.3 is 0 Å². The molecule has 0 amide bonds. The maximum absolute atomic E-state index is 5.58. The molecule has 1 aliphatic carbocycles. The zero-order valence-corrected chi connectivity index (χ0v) is 12.2. The molecule has 0 bridgehead atoms. The van der Waals surface area contributed by atoms with Gasteiger partial charge in [0.15, 0.2) is 0 Å². The topological polar surface area (TPSA) is 33.3 Å². The first kappa shape index (κ1) is 15.0. The molecule has 0 aromatic heterocycles. The lowest BCUT2D eigenvalue weighted by atomic mass is 9.79. The molecular weight excluding hydrogens is 236 g/mol. The zero-order chi connectivity index (χ0) is 13.3. The highest BCUT2D eigenvalue weighted by Gasteiger charge is 2.32. The molecule has 0 spiro atoms. The molecule has 19 heavy (non-hydrogen) atoms. The Morgan fingerprint density at radius 2 is 2.05 bits per heavy atom. The Morgan fingerprint density at radius 3 is 2.84 bits per heavy atom. The summed E-state index contributed by atoms with van der Waals surface area (Å²) in [7, 11) is 0. The van der Waals surface area contributed by atoms with Gasteiger partial charge in [-0.05, 0) is 44.6 Å². The first-order chi connectivity index (χ1) is 9.42. The quantitative estimate of drug-likeness (QED) is 0.523. The van der Waals surface area contributed by atoms with E-state index in [4.69, 9.17) is 4.74 Å². The maximum Gasteiger partial charge on any atom is 0.0591 e. The van der Waals surface area contributed by atoms with E-state index in [0.29, 0.717) is 6.04 Å². The highest BCUT2D eigenvalue weighted by molar-refractivity contribution is 4.91. The van der Waals surface area contributed by atoms with E-state index in [9.17, 15) is 0 Å². The second-order valence-corrected chi connectivity index (χ2v) is 5.90. The van der Waals surface area contributed by atoms with Crippen molar-refractivity contribution in [2.75, 3.05) is 26.3 Å². The molecule has 2 fully saturated rings. The van der Waals surface area contributed by atoms with Crippen LogP contribution in [0.15, 0.2) is 12.7 Å². The van der Waals surface area contributed by atoms with Crippen molar-refractivity contribution in [3.8, 4) is 0 Å². The number of hydrogen-bond donors (Lipinski definition) is 2. The number of ether oxygens (including phenoxy) is 1. The highest BCUT2D eigenvalue weighted by atomic mass is 16.5. The van der Waals surface area contributed by atoms with Gasteiger partial charge < -0.3 is 15.4 Å².